The highest BCUT2D eigenvalue weighted by Crippen LogP contribution is 2.39. The van der Waals surface area contributed by atoms with Crippen molar-refractivity contribution in [2.75, 3.05) is 13.7 Å². The van der Waals surface area contributed by atoms with Gasteiger partial charge in [-0.1, -0.05) is 37.3 Å². The molecule has 4 heteroatoms. The molecule has 0 bridgehead atoms. The minimum atomic E-state index is -0.232. The highest BCUT2D eigenvalue weighted by Gasteiger charge is 2.18. The summed E-state index contributed by atoms with van der Waals surface area (Å²) in [6.07, 6.45) is 1.24. The standard InChI is InChI=1S/C22H22O3S/c1-3-13-25-18-11-9-17(10-12-18)22-19(14-21(23)24-2)20(15-26-22)16-7-5-4-6-8-16/h4-12,15H,3,13-14H2,1-2H3. The molecule has 1 heterocycles. The predicted octanol–water partition coefficient (Wildman–Crippen LogP) is 5.59. The third kappa shape index (κ3) is 4.14. The smallest absolute Gasteiger partial charge is 0.310 e. The van der Waals surface area contributed by atoms with Gasteiger partial charge in [0.2, 0.25) is 0 Å². The van der Waals surface area contributed by atoms with E-state index in [-0.39, 0.29) is 12.4 Å². The van der Waals surface area contributed by atoms with Crippen LogP contribution in [0.4, 0.5) is 0 Å². The Kier molecular flexibility index (Phi) is 6.08. The molecule has 3 nitrogen and oxygen atoms in total. The predicted molar refractivity (Wildman–Crippen MR) is 107 cm³/mol. The van der Waals surface area contributed by atoms with Crippen LogP contribution in [-0.2, 0) is 16.0 Å². The molecule has 0 saturated carbocycles. The zero-order valence-electron chi connectivity index (χ0n) is 15.0. The fraction of sp³-hybridized carbons (Fsp3) is 0.227. The van der Waals surface area contributed by atoms with Gasteiger partial charge in [0.1, 0.15) is 5.75 Å². The van der Waals surface area contributed by atoms with Crippen LogP contribution in [0.2, 0.25) is 0 Å². The lowest BCUT2D eigenvalue weighted by molar-refractivity contribution is -0.139. The first kappa shape index (κ1) is 18.2. The Morgan fingerprint density at radius 2 is 1.73 bits per heavy atom. The van der Waals surface area contributed by atoms with Crippen LogP contribution in [0.15, 0.2) is 60.0 Å². The number of carbonyl (C=O) groups excluding carboxylic acids is 1. The van der Waals surface area contributed by atoms with E-state index in [1.54, 1.807) is 11.3 Å². The zero-order valence-corrected chi connectivity index (χ0v) is 15.8. The van der Waals surface area contributed by atoms with Crippen molar-refractivity contribution in [2.45, 2.75) is 19.8 Å². The molecule has 0 unspecified atom stereocenters. The first-order valence-corrected chi connectivity index (χ1v) is 9.56. The normalized spacial score (nSPS) is 10.5. The van der Waals surface area contributed by atoms with Gasteiger partial charge >= 0.3 is 5.97 Å². The lowest BCUT2D eigenvalue weighted by Gasteiger charge is -2.09. The monoisotopic (exact) mass is 366 g/mol. The third-order valence-electron chi connectivity index (χ3n) is 4.12. The summed E-state index contributed by atoms with van der Waals surface area (Å²) in [5.74, 6) is 0.634. The molecule has 0 atom stereocenters. The molecule has 0 radical (unpaired) electrons. The Labute approximate surface area is 158 Å². The van der Waals surface area contributed by atoms with Gasteiger partial charge in [-0.05, 0) is 58.3 Å². The molecule has 0 aliphatic carbocycles. The molecule has 0 spiro atoms. The van der Waals surface area contributed by atoms with Crippen LogP contribution in [0.5, 0.6) is 5.75 Å². The topological polar surface area (TPSA) is 35.5 Å². The molecule has 26 heavy (non-hydrogen) atoms. The van der Waals surface area contributed by atoms with Gasteiger partial charge in [0, 0.05) is 4.88 Å². The molecule has 0 amide bonds. The molecular formula is C22H22O3S. The Bertz CT molecular complexity index is 851. The van der Waals surface area contributed by atoms with Crippen molar-refractivity contribution >= 4 is 17.3 Å². The number of benzene rings is 2. The van der Waals surface area contributed by atoms with Crippen LogP contribution in [0.3, 0.4) is 0 Å². The van der Waals surface area contributed by atoms with E-state index in [2.05, 4.69) is 24.4 Å². The zero-order chi connectivity index (χ0) is 18.4. The number of hydrogen-bond donors (Lipinski definition) is 0. The van der Waals surface area contributed by atoms with Crippen LogP contribution in [0.25, 0.3) is 21.6 Å². The van der Waals surface area contributed by atoms with Gasteiger partial charge in [0.25, 0.3) is 0 Å². The quantitative estimate of drug-likeness (QED) is 0.512. The molecule has 0 aliphatic heterocycles. The van der Waals surface area contributed by atoms with Gasteiger partial charge in [-0.2, -0.15) is 0 Å². The first-order valence-electron chi connectivity index (χ1n) is 8.68. The summed E-state index contributed by atoms with van der Waals surface area (Å²) in [7, 11) is 1.43. The largest absolute Gasteiger partial charge is 0.494 e. The van der Waals surface area contributed by atoms with Crippen LogP contribution in [0.1, 0.15) is 18.9 Å². The van der Waals surface area contributed by atoms with E-state index in [0.29, 0.717) is 6.61 Å². The maximum Gasteiger partial charge on any atom is 0.310 e. The minimum Gasteiger partial charge on any atom is -0.494 e. The lowest BCUT2D eigenvalue weighted by Crippen LogP contribution is -2.05. The van der Waals surface area contributed by atoms with Crippen LogP contribution >= 0.6 is 11.3 Å². The summed E-state index contributed by atoms with van der Waals surface area (Å²) < 4.78 is 10.6. The number of rotatable bonds is 7. The number of carbonyl (C=O) groups is 1. The van der Waals surface area contributed by atoms with Crippen molar-refractivity contribution in [3.8, 4) is 27.3 Å². The molecule has 3 rings (SSSR count). The first-order chi connectivity index (χ1) is 12.7. The highest BCUT2D eigenvalue weighted by molar-refractivity contribution is 7.14. The minimum absolute atomic E-state index is 0.232. The second kappa shape index (κ2) is 8.68. The number of methoxy groups -OCH3 is 1. The van der Waals surface area contributed by atoms with Gasteiger partial charge in [-0.15, -0.1) is 11.3 Å². The van der Waals surface area contributed by atoms with E-state index >= 15 is 0 Å². The average molecular weight is 366 g/mol. The third-order valence-corrected chi connectivity index (χ3v) is 5.19. The Balaban J connectivity index is 1.98. The molecule has 0 fully saturated rings. The number of thiophene rings is 1. The number of hydrogen-bond acceptors (Lipinski definition) is 4. The van der Waals surface area contributed by atoms with Crippen molar-refractivity contribution in [2.24, 2.45) is 0 Å². The van der Waals surface area contributed by atoms with Gasteiger partial charge in [-0.3, -0.25) is 4.79 Å². The van der Waals surface area contributed by atoms with E-state index in [4.69, 9.17) is 9.47 Å². The maximum absolute atomic E-state index is 12.0. The molecular weight excluding hydrogens is 344 g/mol. The Morgan fingerprint density at radius 1 is 1.00 bits per heavy atom. The molecule has 2 aromatic carbocycles. The van der Waals surface area contributed by atoms with Crippen molar-refractivity contribution in [1.82, 2.24) is 0 Å². The second-order valence-electron chi connectivity index (χ2n) is 5.95. The Morgan fingerprint density at radius 3 is 2.38 bits per heavy atom. The molecule has 3 aromatic rings. The van der Waals surface area contributed by atoms with Crippen molar-refractivity contribution in [3.63, 3.8) is 0 Å². The summed E-state index contributed by atoms with van der Waals surface area (Å²) in [6, 6.07) is 18.2. The SMILES string of the molecule is CCCOc1ccc(-c2scc(-c3ccccc3)c2CC(=O)OC)cc1. The number of esters is 1. The van der Waals surface area contributed by atoms with Crippen molar-refractivity contribution < 1.29 is 14.3 Å². The lowest BCUT2D eigenvalue weighted by atomic mass is 9.98. The molecule has 134 valence electrons. The summed E-state index contributed by atoms with van der Waals surface area (Å²) in [5, 5.41) is 2.12. The highest BCUT2D eigenvalue weighted by atomic mass is 32.1. The number of ether oxygens (including phenoxy) is 2. The Hall–Kier alpha value is -2.59. The van der Waals surface area contributed by atoms with Crippen LogP contribution in [-0.4, -0.2) is 19.7 Å². The van der Waals surface area contributed by atoms with Gasteiger partial charge in [-0.25, -0.2) is 0 Å². The summed E-state index contributed by atoms with van der Waals surface area (Å²) in [4.78, 5) is 13.1. The summed E-state index contributed by atoms with van der Waals surface area (Å²) in [6.45, 7) is 2.80. The average Bonchev–Trinajstić information content (AvgIpc) is 3.10. The van der Waals surface area contributed by atoms with Gasteiger partial charge < -0.3 is 9.47 Å². The molecule has 0 N–H and O–H groups in total. The van der Waals surface area contributed by atoms with E-state index in [0.717, 1.165) is 39.3 Å². The van der Waals surface area contributed by atoms with Gasteiger partial charge in [0.05, 0.1) is 20.1 Å². The van der Waals surface area contributed by atoms with Crippen molar-refractivity contribution in [3.05, 3.63) is 65.5 Å². The maximum atomic E-state index is 12.0. The van der Waals surface area contributed by atoms with Crippen molar-refractivity contribution in [1.29, 1.82) is 0 Å². The summed E-state index contributed by atoms with van der Waals surface area (Å²) in [5.41, 5.74) is 4.29. The molecule has 0 saturated heterocycles. The molecule has 1 aromatic heterocycles. The van der Waals surface area contributed by atoms with E-state index < -0.39 is 0 Å². The summed E-state index contributed by atoms with van der Waals surface area (Å²) >= 11 is 1.65. The van der Waals surface area contributed by atoms with Crippen LogP contribution in [0, 0.1) is 0 Å². The fourth-order valence-corrected chi connectivity index (χ4v) is 3.91. The van der Waals surface area contributed by atoms with E-state index in [1.165, 1.54) is 7.11 Å². The second-order valence-corrected chi connectivity index (χ2v) is 6.83. The van der Waals surface area contributed by atoms with E-state index in [1.807, 2.05) is 42.5 Å². The van der Waals surface area contributed by atoms with Crippen LogP contribution < -0.4 is 4.74 Å². The molecule has 0 aliphatic rings. The fourth-order valence-electron chi connectivity index (χ4n) is 2.80. The van der Waals surface area contributed by atoms with Gasteiger partial charge in [0.15, 0.2) is 0 Å². The van der Waals surface area contributed by atoms with E-state index in [9.17, 15) is 4.79 Å².